The van der Waals surface area contributed by atoms with Gasteiger partial charge in [-0.2, -0.15) is 0 Å². The lowest BCUT2D eigenvalue weighted by atomic mass is 10.2. The number of fused-ring (bicyclic) bond motifs is 1. The van der Waals surface area contributed by atoms with Crippen molar-refractivity contribution in [2.45, 2.75) is 33.0 Å². The van der Waals surface area contributed by atoms with Gasteiger partial charge in [0.15, 0.2) is 0 Å². The van der Waals surface area contributed by atoms with Gasteiger partial charge >= 0.3 is 0 Å². The van der Waals surface area contributed by atoms with Crippen molar-refractivity contribution in [1.29, 1.82) is 0 Å². The smallest absolute Gasteiger partial charge is 0.271 e. The number of aromatic nitrogens is 3. The van der Waals surface area contributed by atoms with Crippen molar-refractivity contribution in [2.24, 2.45) is 0 Å². The Kier molecular flexibility index (Phi) is 4.96. The third-order valence-corrected chi connectivity index (χ3v) is 4.22. The first-order chi connectivity index (χ1) is 11.6. The maximum atomic E-state index is 12.1. The molecule has 24 heavy (non-hydrogen) atoms. The summed E-state index contributed by atoms with van der Waals surface area (Å²) in [6.45, 7) is 7.33. The van der Waals surface area contributed by atoms with Gasteiger partial charge in [0.05, 0.1) is 18.3 Å². The summed E-state index contributed by atoms with van der Waals surface area (Å²) in [4.78, 5) is 19.0. The monoisotopic (exact) mass is 333 g/mol. The van der Waals surface area contributed by atoms with Gasteiger partial charge < -0.3 is 19.1 Å². The molecule has 1 aliphatic heterocycles. The Labute approximate surface area is 140 Å². The van der Waals surface area contributed by atoms with Gasteiger partial charge in [-0.05, 0) is 13.8 Å². The summed E-state index contributed by atoms with van der Waals surface area (Å²) in [6.07, 6.45) is 1.82. The average Bonchev–Trinajstić information content (AvgIpc) is 3.17. The van der Waals surface area contributed by atoms with Crippen molar-refractivity contribution in [2.75, 3.05) is 26.8 Å². The minimum absolute atomic E-state index is 0.108. The summed E-state index contributed by atoms with van der Waals surface area (Å²) >= 11 is 0. The fourth-order valence-electron chi connectivity index (χ4n) is 2.92. The zero-order valence-corrected chi connectivity index (χ0v) is 14.3. The van der Waals surface area contributed by atoms with Crippen molar-refractivity contribution >= 4 is 5.91 Å². The lowest BCUT2D eigenvalue weighted by molar-refractivity contribution is 0.0932. The molecule has 0 fully saturated rings. The minimum Gasteiger partial charge on any atom is -0.383 e. The Hall–Kier alpha value is -2.19. The van der Waals surface area contributed by atoms with E-state index < -0.39 is 0 Å². The van der Waals surface area contributed by atoms with Gasteiger partial charge in [0.2, 0.25) is 0 Å². The molecule has 3 rings (SSSR count). The van der Waals surface area contributed by atoms with Gasteiger partial charge in [0.25, 0.3) is 5.91 Å². The van der Waals surface area contributed by atoms with Crippen LogP contribution in [-0.2, 0) is 17.8 Å². The highest BCUT2D eigenvalue weighted by molar-refractivity contribution is 5.92. The Morgan fingerprint density at radius 1 is 1.50 bits per heavy atom. The number of carbonyl (C=O) groups excluding carboxylic acids is 1. The lowest BCUT2D eigenvalue weighted by Crippen LogP contribution is -2.36. The van der Waals surface area contributed by atoms with Gasteiger partial charge in [-0.15, -0.1) is 0 Å². The van der Waals surface area contributed by atoms with Crippen LogP contribution in [0.2, 0.25) is 0 Å². The number of ether oxygens (including phenoxy) is 1. The SMILES string of the molecule is COCCNC(=O)c1cn2c(n1)[C@@H](C)N(Cc1cc(C)on1)CC2. The van der Waals surface area contributed by atoms with Crippen molar-refractivity contribution in [3.05, 3.63) is 35.2 Å². The Morgan fingerprint density at radius 3 is 3.04 bits per heavy atom. The van der Waals surface area contributed by atoms with Gasteiger partial charge in [0, 0.05) is 45.6 Å². The maximum absolute atomic E-state index is 12.1. The zero-order valence-electron chi connectivity index (χ0n) is 14.3. The number of rotatable bonds is 6. The van der Waals surface area contributed by atoms with Crippen LogP contribution in [0.1, 0.15) is 40.7 Å². The number of imidazole rings is 1. The molecule has 0 saturated heterocycles. The molecule has 2 aromatic rings. The quantitative estimate of drug-likeness (QED) is 0.798. The number of amides is 1. The van der Waals surface area contributed by atoms with Crippen molar-refractivity contribution in [3.8, 4) is 0 Å². The summed E-state index contributed by atoms with van der Waals surface area (Å²) in [5.74, 6) is 1.55. The predicted molar refractivity (Wildman–Crippen MR) is 86.5 cm³/mol. The third-order valence-electron chi connectivity index (χ3n) is 4.22. The molecule has 130 valence electrons. The Morgan fingerprint density at radius 2 is 2.33 bits per heavy atom. The minimum atomic E-state index is -0.167. The van der Waals surface area contributed by atoms with E-state index in [0.717, 1.165) is 30.4 Å². The van der Waals surface area contributed by atoms with Crippen molar-refractivity contribution < 1.29 is 14.1 Å². The number of methoxy groups -OCH3 is 1. The molecule has 1 amide bonds. The van der Waals surface area contributed by atoms with E-state index in [2.05, 4.69) is 31.8 Å². The van der Waals surface area contributed by atoms with Crippen molar-refractivity contribution in [1.82, 2.24) is 24.9 Å². The molecule has 8 nitrogen and oxygen atoms in total. The number of carbonyl (C=O) groups is 1. The highest BCUT2D eigenvalue weighted by Crippen LogP contribution is 2.26. The zero-order chi connectivity index (χ0) is 17.1. The third kappa shape index (κ3) is 3.49. The molecule has 0 spiro atoms. The van der Waals surface area contributed by atoms with E-state index in [1.807, 2.05) is 19.2 Å². The average molecular weight is 333 g/mol. The molecular weight excluding hydrogens is 310 g/mol. The number of hydrogen-bond acceptors (Lipinski definition) is 6. The topological polar surface area (TPSA) is 85.4 Å². The summed E-state index contributed by atoms with van der Waals surface area (Å²) in [5, 5.41) is 6.86. The first kappa shape index (κ1) is 16.7. The van der Waals surface area contributed by atoms with Gasteiger partial charge in [0.1, 0.15) is 17.3 Å². The van der Waals surface area contributed by atoms with Crippen LogP contribution < -0.4 is 5.32 Å². The highest BCUT2D eigenvalue weighted by Gasteiger charge is 2.28. The molecule has 1 N–H and O–H groups in total. The molecule has 0 aromatic carbocycles. The second-order valence-electron chi connectivity index (χ2n) is 6.00. The molecule has 0 unspecified atom stereocenters. The van der Waals surface area contributed by atoms with Crippen molar-refractivity contribution in [3.63, 3.8) is 0 Å². The predicted octanol–water partition coefficient (Wildman–Crippen LogP) is 1.13. The van der Waals surface area contributed by atoms with Crippen LogP contribution in [0.5, 0.6) is 0 Å². The van der Waals surface area contributed by atoms with Crippen LogP contribution in [-0.4, -0.2) is 52.3 Å². The summed E-state index contributed by atoms with van der Waals surface area (Å²) in [7, 11) is 1.61. The van der Waals surface area contributed by atoms with Crippen LogP contribution in [0.15, 0.2) is 16.8 Å². The van der Waals surface area contributed by atoms with Crippen LogP contribution in [0, 0.1) is 6.92 Å². The molecule has 3 heterocycles. The molecule has 1 aliphatic rings. The van der Waals surface area contributed by atoms with Crippen LogP contribution >= 0.6 is 0 Å². The molecule has 0 aliphatic carbocycles. The normalized spacial score (nSPS) is 17.7. The van der Waals surface area contributed by atoms with E-state index in [4.69, 9.17) is 9.26 Å². The molecule has 1 atom stereocenters. The van der Waals surface area contributed by atoms with E-state index in [-0.39, 0.29) is 11.9 Å². The number of nitrogens with one attached hydrogen (secondary N) is 1. The van der Waals surface area contributed by atoms with E-state index in [1.54, 1.807) is 7.11 Å². The van der Waals surface area contributed by atoms with E-state index in [9.17, 15) is 4.79 Å². The first-order valence-electron chi connectivity index (χ1n) is 8.09. The maximum Gasteiger partial charge on any atom is 0.271 e. The number of hydrogen-bond donors (Lipinski definition) is 1. The largest absolute Gasteiger partial charge is 0.383 e. The van der Waals surface area contributed by atoms with Gasteiger partial charge in [-0.1, -0.05) is 5.16 Å². The first-order valence-corrected chi connectivity index (χ1v) is 8.09. The summed E-state index contributed by atoms with van der Waals surface area (Å²) in [6, 6.07) is 2.05. The van der Waals surface area contributed by atoms with Crippen LogP contribution in [0.4, 0.5) is 0 Å². The molecule has 0 bridgehead atoms. The lowest BCUT2D eigenvalue weighted by Gasteiger charge is -2.32. The molecule has 2 aromatic heterocycles. The number of nitrogens with zero attached hydrogens (tertiary/aromatic N) is 4. The standard InChI is InChI=1S/C16H23N5O3/c1-11-8-13(19-24-11)9-20-5-6-21-10-14(18-15(21)12(20)2)16(22)17-4-7-23-3/h8,10,12H,4-7,9H2,1-3H3,(H,17,22)/t12-/m1/s1. The van der Waals surface area contributed by atoms with E-state index in [0.29, 0.717) is 25.4 Å². The molecule has 0 saturated carbocycles. The Balaban J connectivity index is 1.68. The second kappa shape index (κ2) is 7.14. The van der Waals surface area contributed by atoms with Gasteiger partial charge in [-0.25, -0.2) is 4.98 Å². The second-order valence-corrected chi connectivity index (χ2v) is 6.00. The van der Waals surface area contributed by atoms with Crippen LogP contribution in [0.25, 0.3) is 0 Å². The molecular formula is C16H23N5O3. The van der Waals surface area contributed by atoms with Crippen LogP contribution in [0.3, 0.4) is 0 Å². The van der Waals surface area contributed by atoms with E-state index >= 15 is 0 Å². The summed E-state index contributed by atoms with van der Waals surface area (Å²) in [5.41, 5.74) is 1.36. The number of aryl methyl sites for hydroxylation is 1. The fraction of sp³-hybridized carbons (Fsp3) is 0.562. The summed E-state index contributed by atoms with van der Waals surface area (Å²) < 4.78 is 12.1. The van der Waals surface area contributed by atoms with Gasteiger partial charge in [-0.3, -0.25) is 9.69 Å². The van der Waals surface area contributed by atoms with E-state index in [1.165, 1.54) is 0 Å². The molecule has 0 radical (unpaired) electrons. The fourth-order valence-corrected chi connectivity index (χ4v) is 2.92. The Bertz CT molecular complexity index is 708. The molecule has 8 heteroatoms. The highest BCUT2D eigenvalue weighted by atomic mass is 16.5.